The molecule has 0 bridgehead atoms. The van der Waals surface area contributed by atoms with Crippen molar-refractivity contribution in [2.75, 3.05) is 20.7 Å². The average Bonchev–Trinajstić information content (AvgIpc) is 2.75. The molecule has 3 heteroatoms. The lowest BCUT2D eigenvalue weighted by atomic mass is 10.0. The lowest BCUT2D eigenvalue weighted by Crippen LogP contribution is -2.35. The second kappa shape index (κ2) is 7.60. The fourth-order valence-corrected chi connectivity index (χ4v) is 3.17. The third kappa shape index (κ3) is 4.31. The Hall–Kier alpha value is -1.35. The van der Waals surface area contributed by atoms with Crippen molar-refractivity contribution < 1.29 is 9.53 Å². The number of ether oxygens (including phenoxy) is 1. The monoisotopic (exact) mass is 289 g/mol. The van der Waals surface area contributed by atoms with Crippen molar-refractivity contribution in [3.05, 3.63) is 29.3 Å². The number of benzene rings is 1. The Labute approximate surface area is 128 Å². The molecule has 0 N–H and O–H groups in total. The summed E-state index contributed by atoms with van der Waals surface area (Å²) in [6.45, 7) is 2.48. The van der Waals surface area contributed by atoms with Crippen LogP contribution in [0.3, 0.4) is 0 Å². The molecule has 1 aromatic carbocycles. The Morgan fingerprint density at radius 3 is 2.52 bits per heavy atom. The van der Waals surface area contributed by atoms with Crippen molar-refractivity contribution in [2.45, 2.75) is 51.5 Å². The average molecular weight is 289 g/mol. The van der Waals surface area contributed by atoms with Gasteiger partial charge in [-0.1, -0.05) is 31.7 Å². The van der Waals surface area contributed by atoms with Crippen LogP contribution in [0.5, 0.6) is 5.75 Å². The summed E-state index contributed by atoms with van der Waals surface area (Å²) in [7, 11) is 3.70. The van der Waals surface area contributed by atoms with Gasteiger partial charge >= 0.3 is 0 Å². The fourth-order valence-electron chi connectivity index (χ4n) is 3.17. The molecule has 1 fully saturated rings. The van der Waals surface area contributed by atoms with Crippen LogP contribution in [-0.4, -0.2) is 37.4 Å². The van der Waals surface area contributed by atoms with Crippen LogP contribution in [0, 0.1) is 6.92 Å². The second-order valence-electron chi connectivity index (χ2n) is 6.19. The van der Waals surface area contributed by atoms with Crippen LogP contribution in [-0.2, 0) is 0 Å². The van der Waals surface area contributed by atoms with Crippen molar-refractivity contribution in [3.63, 3.8) is 0 Å². The summed E-state index contributed by atoms with van der Waals surface area (Å²) in [6, 6.07) is 6.34. The zero-order chi connectivity index (χ0) is 15.2. The quantitative estimate of drug-likeness (QED) is 0.609. The number of aryl methyl sites for hydroxylation is 1. The van der Waals surface area contributed by atoms with Gasteiger partial charge in [-0.25, -0.2) is 0 Å². The Morgan fingerprint density at radius 1 is 1.24 bits per heavy atom. The van der Waals surface area contributed by atoms with E-state index in [-0.39, 0.29) is 5.78 Å². The molecule has 21 heavy (non-hydrogen) atoms. The number of carbonyl (C=O) groups is 1. The van der Waals surface area contributed by atoms with Crippen LogP contribution in [0.4, 0.5) is 0 Å². The maximum absolute atomic E-state index is 12.6. The van der Waals surface area contributed by atoms with Crippen LogP contribution in [0.15, 0.2) is 18.2 Å². The van der Waals surface area contributed by atoms with Gasteiger partial charge in [0.05, 0.1) is 19.2 Å². The number of ketones is 1. The first-order valence-corrected chi connectivity index (χ1v) is 8.00. The van der Waals surface area contributed by atoms with Gasteiger partial charge in [-0.3, -0.25) is 9.69 Å². The first kappa shape index (κ1) is 16.0. The topological polar surface area (TPSA) is 29.5 Å². The number of carbonyl (C=O) groups excluding carboxylic acids is 1. The van der Waals surface area contributed by atoms with Gasteiger partial charge in [0.1, 0.15) is 5.75 Å². The molecule has 0 unspecified atom stereocenters. The summed E-state index contributed by atoms with van der Waals surface area (Å²) in [5.41, 5.74) is 1.81. The van der Waals surface area contributed by atoms with Crippen molar-refractivity contribution >= 4 is 5.78 Å². The zero-order valence-corrected chi connectivity index (χ0v) is 13.5. The van der Waals surface area contributed by atoms with Crippen LogP contribution < -0.4 is 4.74 Å². The number of hydrogen-bond donors (Lipinski definition) is 0. The molecule has 0 atom stereocenters. The van der Waals surface area contributed by atoms with Gasteiger partial charge in [-0.2, -0.15) is 0 Å². The van der Waals surface area contributed by atoms with E-state index in [1.807, 2.05) is 25.1 Å². The molecule has 1 aliphatic carbocycles. The summed E-state index contributed by atoms with van der Waals surface area (Å²) < 4.78 is 5.35. The predicted octanol–water partition coefficient (Wildman–Crippen LogP) is 3.84. The second-order valence-corrected chi connectivity index (χ2v) is 6.19. The highest BCUT2D eigenvalue weighted by Gasteiger charge is 2.21. The molecule has 0 radical (unpaired) electrons. The minimum atomic E-state index is 0.151. The summed E-state index contributed by atoms with van der Waals surface area (Å²) in [6.07, 6.45) is 7.69. The molecule has 0 heterocycles. The standard InChI is InChI=1S/C18H27NO2/c1-14-10-11-16(18(12-14)21-3)17(20)13-19(2)15-8-6-4-5-7-9-15/h10-12,15H,4-9,13H2,1-3H3. The lowest BCUT2D eigenvalue weighted by Gasteiger charge is -2.26. The minimum Gasteiger partial charge on any atom is -0.496 e. The molecule has 0 aromatic heterocycles. The largest absolute Gasteiger partial charge is 0.496 e. The van der Waals surface area contributed by atoms with Gasteiger partial charge in [0.15, 0.2) is 5.78 Å². The Kier molecular flexibility index (Phi) is 5.80. The van der Waals surface area contributed by atoms with Crippen molar-refractivity contribution in [1.29, 1.82) is 0 Å². The van der Waals surface area contributed by atoms with Crippen LogP contribution >= 0.6 is 0 Å². The molecule has 2 rings (SSSR count). The maximum atomic E-state index is 12.6. The molecule has 0 spiro atoms. The van der Waals surface area contributed by atoms with Gasteiger partial charge in [-0.05, 0) is 44.5 Å². The van der Waals surface area contributed by atoms with Gasteiger partial charge < -0.3 is 4.74 Å². The van der Waals surface area contributed by atoms with Crippen molar-refractivity contribution in [2.24, 2.45) is 0 Å². The number of Topliss-reactive ketones (excluding diaryl/α,β-unsaturated/α-hetero) is 1. The third-order valence-corrected chi connectivity index (χ3v) is 4.50. The Morgan fingerprint density at radius 2 is 1.90 bits per heavy atom. The third-order valence-electron chi connectivity index (χ3n) is 4.50. The molecular formula is C18H27NO2. The van der Waals surface area contributed by atoms with E-state index in [1.165, 1.54) is 38.5 Å². The lowest BCUT2D eigenvalue weighted by molar-refractivity contribution is 0.0909. The number of nitrogens with zero attached hydrogens (tertiary/aromatic N) is 1. The van der Waals surface area contributed by atoms with E-state index in [4.69, 9.17) is 4.74 Å². The number of likely N-dealkylation sites (N-methyl/N-ethyl adjacent to an activating group) is 1. The van der Waals surface area contributed by atoms with E-state index >= 15 is 0 Å². The van der Waals surface area contributed by atoms with E-state index in [2.05, 4.69) is 11.9 Å². The van der Waals surface area contributed by atoms with E-state index in [0.29, 0.717) is 23.9 Å². The number of hydrogen-bond acceptors (Lipinski definition) is 3. The summed E-state index contributed by atoms with van der Waals surface area (Å²) >= 11 is 0. The summed E-state index contributed by atoms with van der Waals surface area (Å²) in [5, 5.41) is 0. The molecular weight excluding hydrogens is 262 g/mol. The molecule has 0 aliphatic heterocycles. The highest BCUT2D eigenvalue weighted by molar-refractivity contribution is 6.00. The van der Waals surface area contributed by atoms with Crippen molar-refractivity contribution in [3.8, 4) is 5.75 Å². The minimum absolute atomic E-state index is 0.151. The summed E-state index contributed by atoms with van der Waals surface area (Å²) in [4.78, 5) is 14.8. The number of rotatable bonds is 5. The molecule has 0 saturated heterocycles. The van der Waals surface area contributed by atoms with Gasteiger partial charge in [-0.15, -0.1) is 0 Å². The van der Waals surface area contributed by atoms with E-state index in [9.17, 15) is 4.79 Å². The van der Waals surface area contributed by atoms with Crippen LogP contribution in [0.2, 0.25) is 0 Å². The Balaban J connectivity index is 2.03. The molecule has 3 nitrogen and oxygen atoms in total. The Bertz CT molecular complexity index is 476. The highest BCUT2D eigenvalue weighted by Crippen LogP contribution is 2.23. The first-order chi connectivity index (χ1) is 10.1. The van der Waals surface area contributed by atoms with Gasteiger partial charge in [0.25, 0.3) is 0 Å². The van der Waals surface area contributed by atoms with Crippen LogP contribution in [0.1, 0.15) is 54.4 Å². The summed E-state index contributed by atoms with van der Waals surface area (Å²) in [5.74, 6) is 0.841. The van der Waals surface area contributed by atoms with E-state index < -0.39 is 0 Å². The molecule has 1 aliphatic rings. The molecule has 116 valence electrons. The van der Waals surface area contributed by atoms with Crippen LogP contribution in [0.25, 0.3) is 0 Å². The zero-order valence-electron chi connectivity index (χ0n) is 13.5. The van der Waals surface area contributed by atoms with E-state index in [0.717, 1.165) is 5.56 Å². The molecule has 0 amide bonds. The molecule has 1 saturated carbocycles. The predicted molar refractivity (Wildman–Crippen MR) is 86.2 cm³/mol. The fraction of sp³-hybridized carbons (Fsp3) is 0.611. The van der Waals surface area contributed by atoms with Gasteiger partial charge in [0, 0.05) is 6.04 Å². The molecule has 1 aromatic rings. The van der Waals surface area contributed by atoms with Gasteiger partial charge in [0.2, 0.25) is 0 Å². The number of methoxy groups -OCH3 is 1. The highest BCUT2D eigenvalue weighted by atomic mass is 16.5. The smallest absolute Gasteiger partial charge is 0.180 e. The maximum Gasteiger partial charge on any atom is 0.180 e. The van der Waals surface area contributed by atoms with E-state index in [1.54, 1.807) is 7.11 Å². The normalized spacial score (nSPS) is 16.8. The first-order valence-electron chi connectivity index (χ1n) is 8.00. The SMILES string of the molecule is COc1cc(C)ccc1C(=O)CN(C)C1CCCCCC1. The van der Waals surface area contributed by atoms with Crippen molar-refractivity contribution in [1.82, 2.24) is 4.90 Å².